The normalized spacial score (nSPS) is 10.5. The third-order valence-corrected chi connectivity index (χ3v) is 4.15. The lowest BCUT2D eigenvalue weighted by molar-refractivity contribution is 0.100. The number of benzene rings is 2. The lowest BCUT2D eigenvalue weighted by atomic mass is 10.1. The highest BCUT2D eigenvalue weighted by Crippen LogP contribution is 2.26. The Morgan fingerprint density at radius 1 is 0.704 bits per heavy atom. The molecule has 0 unspecified atom stereocenters. The van der Waals surface area contributed by atoms with Gasteiger partial charge >= 0.3 is 0 Å². The van der Waals surface area contributed by atoms with Crippen LogP contribution in [-0.4, -0.2) is 20.9 Å². The van der Waals surface area contributed by atoms with Crippen LogP contribution in [0.4, 0.5) is 0 Å². The lowest BCUT2D eigenvalue weighted by Gasteiger charge is -2.09. The number of pyridine rings is 1. The van der Waals surface area contributed by atoms with Gasteiger partial charge in [-0.25, -0.2) is 9.97 Å². The summed E-state index contributed by atoms with van der Waals surface area (Å²) in [5, 5.41) is 0. The number of carbonyl (C=O) groups is 1. The molecule has 1 amide bonds. The van der Waals surface area contributed by atoms with Gasteiger partial charge in [-0.15, -0.1) is 0 Å². The molecule has 4 rings (SSSR count). The first-order chi connectivity index (χ1) is 13.2. The zero-order chi connectivity index (χ0) is 18.6. The van der Waals surface area contributed by atoms with Gasteiger partial charge in [-0.1, -0.05) is 48.5 Å². The predicted molar refractivity (Wildman–Crippen MR) is 105 cm³/mol. The standard InChI is InChI=1S/C22H16N4O/c23-21(27)17-11-9-16(10-12-17)20-14-19(15-6-2-1-3-7-15)25-22(26-20)18-8-4-5-13-24-18/h1-14H,(H2,23,27). The van der Waals surface area contributed by atoms with E-state index < -0.39 is 5.91 Å². The summed E-state index contributed by atoms with van der Waals surface area (Å²) in [4.78, 5) is 25.1. The highest BCUT2D eigenvalue weighted by Gasteiger charge is 2.11. The molecule has 130 valence electrons. The van der Waals surface area contributed by atoms with Gasteiger partial charge in [-0.2, -0.15) is 0 Å². The monoisotopic (exact) mass is 352 g/mol. The Hall–Kier alpha value is -3.86. The van der Waals surface area contributed by atoms with Crippen molar-refractivity contribution in [1.29, 1.82) is 0 Å². The van der Waals surface area contributed by atoms with Gasteiger partial charge in [0.05, 0.1) is 11.4 Å². The van der Waals surface area contributed by atoms with Gasteiger partial charge in [0.1, 0.15) is 5.69 Å². The van der Waals surface area contributed by atoms with E-state index in [1.165, 1.54) is 0 Å². The minimum atomic E-state index is -0.455. The molecule has 0 fully saturated rings. The molecular weight excluding hydrogens is 336 g/mol. The number of primary amides is 1. The van der Waals surface area contributed by atoms with Crippen molar-refractivity contribution in [2.75, 3.05) is 0 Å². The summed E-state index contributed by atoms with van der Waals surface area (Å²) in [6.45, 7) is 0. The van der Waals surface area contributed by atoms with Crippen molar-refractivity contribution in [3.63, 3.8) is 0 Å². The Morgan fingerprint density at radius 3 is 1.93 bits per heavy atom. The summed E-state index contributed by atoms with van der Waals surface area (Å²) in [7, 11) is 0. The molecule has 2 heterocycles. The second-order valence-electron chi connectivity index (χ2n) is 5.98. The Bertz CT molecular complexity index is 1020. The number of hydrogen-bond donors (Lipinski definition) is 1. The number of carbonyl (C=O) groups excluding carboxylic acids is 1. The van der Waals surface area contributed by atoms with Crippen molar-refractivity contribution < 1.29 is 4.79 Å². The van der Waals surface area contributed by atoms with Gasteiger partial charge in [0.2, 0.25) is 5.91 Å². The average Bonchev–Trinajstić information content (AvgIpc) is 2.75. The van der Waals surface area contributed by atoms with Gasteiger partial charge in [-0.3, -0.25) is 9.78 Å². The second kappa shape index (κ2) is 7.17. The number of aromatic nitrogens is 3. The average molecular weight is 352 g/mol. The van der Waals surface area contributed by atoms with Gasteiger partial charge in [0.25, 0.3) is 0 Å². The van der Waals surface area contributed by atoms with Crippen molar-refractivity contribution in [1.82, 2.24) is 15.0 Å². The van der Waals surface area contributed by atoms with Crippen LogP contribution in [0.5, 0.6) is 0 Å². The van der Waals surface area contributed by atoms with Gasteiger partial charge < -0.3 is 5.73 Å². The first-order valence-corrected chi connectivity index (χ1v) is 8.47. The molecule has 27 heavy (non-hydrogen) atoms. The Morgan fingerprint density at radius 2 is 1.33 bits per heavy atom. The molecule has 0 radical (unpaired) electrons. The number of nitrogens with zero attached hydrogens (tertiary/aromatic N) is 3. The summed E-state index contributed by atoms with van der Waals surface area (Å²) < 4.78 is 0. The maximum atomic E-state index is 11.3. The van der Waals surface area contributed by atoms with Crippen LogP contribution in [-0.2, 0) is 0 Å². The van der Waals surface area contributed by atoms with Crippen molar-refractivity contribution in [2.45, 2.75) is 0 Å². The molecule has 0 saturated heterocycles. The first kappa shape index (κ1) is 16.6. The van der Waals surface area contributed by atoms with Crippen molar-refractivity contribution in [2.24, 2.45) is 5.73 Å². The first-order valence-electron chi connectivity index (χ1n) is 8.47. The minimum Gasteiger partial charge on any atom is -0.366 e. The number of amides is 1. The largest absolute Gasteiger partial charge is 0.366 e. The van der Waals surface area contributed by atoms with Crippen LogP contribution in [0.2, 0.25) is 0 Å². The molecule has 0 saturated carbocycles. The van der Waals surface area contributed by atoms with E-state index in [9.17, 15) is 4.79 Å². The molecule has 2 N–H and O–H groups in total. The minimum absolute atomic E-state index is 0.455. The quantitative estimate of drug-likeness (QED) is 0.602. The van der Waals surface area contributed by atoms with Crippen LogP contribution >= 0.6 is 0 Å². The molecule has 5 nitrogen and oxygen atoms in total. The topological polar surface area (TPSA) is 81.8 Å². The maximum Gasteiger partial charge on any atom is 0.248 e. The van der Waals surface area contributed by atoms with Crippen molar-refractivity contribution in [3.8, 4) is 34.0 Å². The fourth-order valence-corrected chi connectivity index (χ4v) is 2.77. The van der Waals surface area contributed by atoms with E-state index in [0.717, 1.165) is 22.5 Å². The zero-order valence-corrected chi connectivity index (χ0v) is 14.4. The molecule has 0 spiro atoms. The van der Waals surface area contributed by atoms with E-state index in [-0.39, 0.29) is 0 Å². The van der Waals surface area contributed by atoms with E-state index in [1.54, 1.807) is 18.3 Å². The second-order valence-corrected chi connectivity index (χ2v) is 5.98. The Balaban J connectivity index is 1.86. The third kappa shape index (κ3) is 3.57. The highest BCUT2D eigenvalue weighted by molar-refractivity contribution is 5.93. The molecule has 0 atom stereocenters. The Kier molecular flexibility index (Phi) is 4.41. The maximum absolute atomic E-state index is 11.3. The van der Waals surface area contributed by atoms with Crippen LogP contribution in [0.3, 0.4) is 0 Å². The van der Waals surface area contributed by atoms with Crippen molar-refractivity contribution >= 4 is 5.91 Å². The molecule has 0 aliphatic carbocycles. The van der Waals surface area contributed by atoms with Gasteiger partial charge in [0, 0.05) is 22.9 Å². The van der Waals surface area contributed by atoms with Crippen LogP contribution < -0.4 is 5.73 Å². The fraction of sp³-hybridized carbons (Fsp3) is 0. The fourth-order valence-electron chi connectivity index (χ4n) is 2.77. The molecule has 2 aromatic heterocycles. The number of nitrogens with two attached hydrogens (primary N) is 1. The van der Waals surface area contributed by atoms with Crippen LogP contribution in [0, 0.1) is 0 Å². The summed E-state index contributed by atoms with van der Waals surface area (Å²) >= 11 is 0. The van der Waals surface area contributed by atoms with Gasteiger partial charge in [-0.05, 0) is 30.3 Å². The molecular formula is C22H16N4O. The lowest BCUT2D eigenvalue weighted by Crippen LogP contribution is -2.10. The summed E-state index contributed by atoms with van der Waals surface area (Å²) in [6, 6.07) is 24.5. The summed E-state index contributed by atoms with van der Waals surface area (Å²) in [5.41, 5.74) is 9.91. The van der Waals surface area contributed by atoms with Crippen LogP contribution in [0.1, 0.15) is 10.4 Å². The van der Waals surface area contributed by atoms with E-state index in [4.69, 9.17) is 10.7 Å². The predicted octanol–water partition coefficient (Wildman–Crippen LogP) is 3.97. The van der Waals surface area contributed by atoms with Gasteiger partial charge in [0.15, 0.2) is 5.82 Å². The zero-order valence-electron chi connectivity index (χ0n) is 14.4. The van der Waals surface area contributed by atoms with Crippen LogP contribution in [0.25, 0.3) is 34.0 Å². The van der Waals surface area contributed by atoms with Crippen molar-refractivity contribution in [3.05, 3.63) is 90.6 Å². The molecule has 0 bridgehead atoms. The molecule has 0 aliphatic heterocycles. The van der Waals surface area contributed by atoms with Crippen LogP contribution in [0.15, 0.2) is 85.1 Å². The Labute approximate surface area is 156 Å². The van der Waals surface area contributed by atoms with E-state index in [1.807, 2.05) is 66.7 Å². The SMILES string of the molecule is NC(=O)c1ccc(-c2cc(-c3ccccc3)nc(-c3ccccn3)n2)cc1. The number of rotatable bonds is 4. The summed E-state index contributed by atoms with van der Waals surface area (Å²) in [5.74, 6) is 0.0920. The van der Waals surface area contributed by atoms with E-state index in [2.05, 4.69) is 9.97 Å². The molecule has 0 aliphatic rings. The summed E-state index contributed by atoms with van der Waals surface area (Å²) in [6.07, 6.45) is 1.72. The smallest absolute Gasteiger partial charge is 0.248 e. The third-order valence-electron chi connectivity index (χ3n) is 4.15. The molecule has 5 heteroatoms. The molecule has 4 aromatic rings. The number of hydrogen-bond acceptors (Lipinski definition) is 4. The molecule has 2 aromatic carbocycles. The van der Waals surface area contributed by atoms with E-state index in [0.29, 0.717) is 17.1 Å². The highest BCUT2D eigenvalue weighted by atomic mass is 16.1. The van der Waals surface area contributed by atoms with E-state index >= 15 is 0 Å².